The van der Waals surface area contributed by atoms with Crippen molar-refractivity contribution in [3.05, 3.63) is 23.2 Å². The lowest BCUT2D eigenvalue weighted by Crippen LogP contribution is -2.23. The van der Waals surface area contributed by atoms with E-state index >= 15 is 0 Å². The quantitative estimate of drug-likeness (QED) is 0.782. The van der Waals surface area contributed by atoms with Crippen LogP contribution in [-0.2, 0) is 9.47 Å². The van der Waals surface area contributed by atoms with Crippen molar-refractivity contribution in [3.8, 4) is 5.75 Å². The van der Waals surface area contributed by atoms with E-state index in [0.717, 1.165) is 11.4 Å². The molecule has 5 heteroatoms. The fraction of sp³-hybridized carbons (Fsp3) is 0.455. The molecule has 0 aliphatic rings. The maximum atomic E-state index is 5.90. The smallest absolute Gasteiger partial charge is 0.173 e. The second-order valence-electron chi connectivity index (χ2n) is 3.13. The highest BCUT2D eigenvalue weighted by Crippen LogP contribution is 2.27. The van der Waals surface area contributed by atoms with Crippen LogP contribution < -0.4 is 10.1 Å². The molecule has 1 rings (SSSR count). The third kappa shape index (κ3) is 3.56. The van der Waals surface area contributed by atoms with Crippen molar-refractivity contribution < 1.29 is 14.2 Å². The average Bonchev–Trinajstić information content (AvgIpc) is 2.30. The first-order chi connectivity index (χ1) is 7.71. The second kappa shape index (κ2) is 6.58. The molecule has 0 aliphatic heterocycles. The predicted molar refractivity (Wildman–Crippen MR) is 64.3 cm³/mol. The van der Waals surface area contributed by atoms with Crippen LogP contribution in [0.5, 0.6) is 5.75 Å². The molecule has 0 heterocycles. The number of benzene rings is 1. The van der Waals surface area contributed by atoms with Crippen LogP contribution in [0.3, 0.4) is 0 Å². The van der Waals surface area contributed by atoms with Gasteiger partial charge in [-0.2, -0.15) is 0 Å². The molecule has 0 aromatic heterocycles. The molecule has 16 heavy (non-hydrogen) atoms. The van der Waals surface area contributed by atoms with E-state index in [-0.39, 0.29) is 6.29 Å². The minimum atomic E-state index is -0.302. The van der Waals surface area contributed by atoms with Gasteiger partial charge in [0.15, 0.2) is 6.29 Å². The molecule has 0 atom stereocenters. The summed E-state index contributed by atoms with van der Waals surface area (Å²) < 4.78 is 15.3. The highest BCUT2D eigenvalue weighted by molar-refractivity contribution is 6.30. The van der Waals surface area contributed by atoms with Gasteiger partial charge in [0.1, 0.15) is 5.75 Å². The van der Waals surface area contributed by atoms with Gasteiger partial charge in [-0.15, -0.1) is 0 Å². The Morgan fingerprint density at radius 2 is 1.94 bits per heavy atom. The molecule has 0 saturated carbocycles. The lowest BCUT2D eigenvalue weighted by atomic mass is 10.3. The van der Waals surface area contributed by atoms with Gasteiger partial charge in [0.2, 0.25) is 0 Å². The number of nitrogens with one attached hydrogen (secondary N) is 1. The van der Waals surface area contributed by atoms with Gasteiger partial charge in [0.05, 0.1) is 19.3 Å². The van der Waals surface area contributed by atoms with E-state index in [4.69, 9.17) is 25.8 Å². The zero-order chi connectivity index (χ0) is 12.0. The lowest BCUT2D eigenvalue weighted by Gasteiger charge is -2.16. The number of ether oxygens (including phenoxy) is 3. The summed E-state index contributed by atoms with van der Waals surface area (Å²) in [4.78, 5) is 0. The first-order valence-corrected chi connectivity index (χ1v) is 5.22. The first kappa shape index (κ1) is 13.1. The van der Waals surface area contributed by atoms with Crippen LogP contribution in [0, 0.1) is 0 Å². The van der Waals surface area contributed by atoms with Crippen LogP contribution in [-0.4, -0.2) is 34.2 Å². The highest BCUT2D eigenvalue weighted by atomic mass is 35.5. The Balaban J connectivity index is 2.68. The minimum absolute atomic E-state index is 0.302. The molecule has 0 bridgehead atoms. The van der Waals surface area contributed by atoms with Crippen LogP contribution in [0.25, 0.3) is 0 Å². The molecule has 1 aromatic carbocycles. The van der Waals surface area contributed by atoms with Crippen LogP contribution in [0.1, 0.15) is 0 Å². The van der Waals surface area contributed by atoms with Gasteiger partial charge in [-0.1, -0.05) is 11.6 Å². The molecule has 0 unspecified atom stereocenters. The monoisotopic (exact) mass is 245 g/mol. The van der Waals surface area contributed by atoms with E-state index in [1.165, 1.54) is 0 Å². The summed E-state index contributed by atoms with van der Waals surface area (Å²) in [5.41, 5.74) is 0.814. The summed E-state index contributed by atoms with van der Waals surface area (Å²) in [6, 6.07) is 5.37. The molecule has 1 aromatic rings. The standard InChI is InChI=1S/C11H16ClNO3/c1-14-10-5-4-8(12)6-9(10)13-7-11(15-2)16-3/h4-6,11,13H,7H2,1-3H3. The van der Waals surface area contributed by atoms with Crippen LogP contribution >= 0.6 is 11.6 Å². The highest BCUT2D eigenvalue weighted by Gasteiger charge is 2.07. The second-order valence-corrected chi connectivity index (χ2v) is 3.56. The van der Waals surface area contributed by atoms with Gasteiger partial charge in [-0.25, -0.2) is 0 Å². The molecule has 4 nitrogen and oxygen atoms in total. The summed E-state index contributed by atoms with van der Waals surface area (Å²) >= 11 is 5.90. The Kier molecular flexibility index (Phi) is 5.38. The van der Waals surface area contributed by atoms with Crippen molar-refractivity contribution in [1.29, 1.82) is 0 Å². The van der Waals surface area contributed by atoms with Crippen molar-refractivity contribution in [2.45, 2.75) is 6.29 Å². The number of methoxy groups -OCH3 is 3. The summed E-state index contributed by atoms with van der Waals surface area (Å²) in [6.45, 7) is 0.518. The van der Waals surface area contributed by atoms with E-state index < -0.39 is 0 Å². The Hall–Kier alpha value is -0.970. The van der Waals surface area contributed by atoms with E-state index in [2.05, 4.69) is 5.32 Å². The molecule has 0 amide bonds. The Morgan fingerprint density at radius 1 is 1.25 bits per heavy atom. The number of halogens is 1. The molecule has 1 N–H and O–H groups in total. The fourth-order valence-corrected chi connectivity index (χ4v) is 1.45. The largest absolute Gasteiger partial charge is 0.495 e. The number of anilines is 1. The molecular formula is C11H16ClNO3. The Morgan fingerprint density at radius 3 is 2.50 bits per heavy atom. The van der Waals surface area contributed by atoms with Crippen molar-refractivity contribution in [1.82, 2.24) is 0 Å². The van der Waals surface area contributed by atoms with E-state index in [1.54, 1.807) is 39.5 Å². The van der Waals surface area contributed by atoms with Gasteiger partial charge in [-0.3, -0.25) is 0 Å². The van der Waals surface area contributed by atoms with Crippen LogP contribution in [0.4, 0.5) is 5.69 Å². The molecule has 0 fully saturated rings. The van der Waals surface area contributed by atoms with Crippen LogP contribution in [0.2, 0.25) is 5.02 Å². The maximum absolute atomic E-state index is 5.90. The molecule has 0 spiro atoms. The van der Waals surface area contributed by atoms with Crippen molar-refractivity contribution in [3.63, 3.8) is 0 Å². The zero-order valence-corrected chi connectivity index (χ0v) is 10.4. The summed E-state index contributed by atoms with van der Waals surface area (Å²) in [5, 5.41) is 3.80. The Bertz CT molecular complexity index is 329. The molecule has 90 valence electrons. The van der Waals surface area contributed by atoms with Crippen molar-refractivity contribution >= 4 is 17.3 Å². The summed E-state index contributed by atoms with van der Waals surface area (Å²) in [5.74, 6) is 0.732. The van der Waals surface area contributed by atoms with Gasteiger partial charge < -0.3 is 19.5 Å². The minimum Gasteiger partial charge on any atom is -0.495 e. The summed E-state index contributed by atoms with van der Waals surface area (Å²) in [6.07, 6.45) is -0.302. The fourth-order valence-electron chi connectivity index (χ4n) is 1.27. The third-order valence-corrected chi connectivity index (χ3v) is 2.38. The zero-order valence-electron chi connectivity index (χ0n) is 9.62. The molecule has 0 saturated heterocycles. The van der Waals surface area contributed by atoms with Crippen molar-refractivity contribution in [2.75, 3.05) is 33.2 Å². The number of rotatable bonds is 6. The third-order valence-electron chi connectivity index (χ3n) is 2.15. The predicted octanol–water partition coefficient (Wildman–Crippen LogP) is 2.38. The topological polar surface area (TPSA) is 39.7 Å². The van der Waals surface area contributed by atoms with Gasteiger partial charge in [0.25, 0.3) is 0 Å². The number of hydrogen-bond donors (Lipinski definition) is 1. The Labute approximate surface area is 100 Å². The normalized spacial score (nSPS) is 10.6. The lowest BCUT2D eigenvalue weighted by molar-refractivity contribution is -0.0914. The first-order valence-electron chi connectivity index (χ1n) is 4.84. The SMILES string of the molecule is COc1ccc(Cl)cc1NCC(OC)OC. The van der Waals surface area contributed by atoms with E-state index in [0.29, 0.717) is 11.6 Å². The summed E-state index contributed by atoms with van der Waals surface area (Å²) in [7, 11) is 4.79. The maximum Gasteiger partial charge on any atom is 0.173 e. The van der Waals surface area contributed by atoms with Gasteiger partial charge >= 0.3 is 0 Å². The van der Waals surface area contributed by atoms with Crippen molar-refractivity contribution in [2.24, 2.45) is 0 Å². The van der Waals surface area contributed by atoms with Crippen LogP contribution in [0.15, 0.2) is 18.2 Å². The van der Waals surface area contributed by atoms with Gasteiger partial charge in [0, 0.05) is 19.2 Å². The van der Waals surface area contributed by atoms with E-state index in [9.17, 15) is 0 Å². The molecular weight excluding hydrogens is 230 g/mol. The average molecular weight is 246 g/mol. The molecule has 0 aliphatic carbocycles. The van der Waals surface area contributed by atoms with E-state index in [1.807, 2.05) is 0 Å². The van der Waals surface area contributed by atoms with Gasteiger partial charge in [-0.05, 0) is 18.2 Å². The number of hydrogen-bond acceptors (Lipinski definition) is 4. The molecule has 0 radical (unpaired) electrons.